The zero-order valence-electron chi connectivity index (χ0n) is 16.5. The minimum Gasteiger partial charge on any atom is -0.466 e. The molecule has 0 saturated carbocycles. The van der Waals surface area contributed by atoms with E-state index in [0.29, 0.717) is 34.8 Å². The Morgan fingerprint density at radius 1 is 1.34 bits per heavy atom. The normalized spacial score (nSPS) is 19.0. The van der Waals surface area contributed by atoms with E-state index in [9.17, 15) is 14.4 Å². The number of anilines is 1. The molecule has 3 N–H and O–H groups in total. The lowest BCUT2D eigenvalue weighted by molar-refractivity contribution is -0.899. The van der Waals surface area contributed by atoms with Crippen LogP contribution in [0.5, 0.6) is 0 Å². The molecule has 8 nitrogen and oxygen atoms in total. The number of quaternary nitrogens is 1. The van der Waals surface area contributed by atoms with Crippen molar-refractivity contribution in [1.82, 2.24) is 4.98 Å². The van der Waals surface area contributed by atoms with Crippen molar-refractivity contribution in [1.29, 1.82) is 0 Å². The number of likely N-dealkylation sites (tertiary alicyclic amines) is 1. The molecule has 1 aliphatic rings. The van der Waals surface area contributed by atoms with E-state index in [0.717, 1.165) is 24.3 Å². The van der Waals surface area contributed by atoms with Gasteiger partial charge < -0.3 is 24.7 Å². The van der Waals surface area contributed by atoms with E-state index in [4.69, 9.17) is 21.1 Å². The Labute approximate surface area is 173 Å². The number of halogens is 1. The molecule has 3 rings (SSSR count). The molecule has 0 spiro atoms. The monoisotopic (exact) mass is 422 g/mol. The van der Waals surface area contributed by atoms with Crippen LogP contribution in [0, 0.1) is 5.92 Å². The van der Waals surface area contributed by atoms with Gasteiger partial charge in [0.25, 0.3) is 5.91 Å². The molecule has 0 aliphatic carbocycles. The number of carbonyl (C=O) groups is 3. The number of esters is 2. The topological polar surface area (TPSA) is 102 Å². The summed E-state index contributed by atoms with van der Waals surface area (Å²) in [7, 11) is 1.28. The average Bonchev–Trinajstić information content (AvgIpc) is 3.05. The highest BCUT2D eigenvalue weighted by molar-refractivity contribution is 6.31. The van der Waals surface area contributed by atoms with Crippen LogP contribution in [0.3, 0.4) is 0 Å². The van der Waals surface area contributed by atoms with E-state index in [1.54, 1.807) is 25.1 Å². The largest absolute Gasteiger partial charge is 0.466 e. The van der Waals surface area contributed by atoms with Crippen molar-refractivity contribution >= 4 is 46.0 Å². The molecule has 0 radical (unpaired) electrons. The number of piperidine rings is 1. The second-order valence-electron chi connectivity index (χ2n) is 7.08. The van der Waals surface area contributed by atoms with Gasteiger partial charge in [0.15, 0.2) is 6.54 Å². The second kappa shape index (κ2) is 9.28. The molecule has 1 aliphatic heterocycles. The Bertz CT molecular complexity index is 926. The summed E-state index contributed by atoms with van der Waals surface area (Å²) < 4.78 is 9.93. The average molecular weight is 423 g/mol. The molecule has 1 aromatic carbocycles. The summed E-state index contributed by atoms with van der Waals surface area (Å²) in [6.07, 6.45) is 1.62. The van der Waals surface area contributed by atoms with Crippen LogP contribution in [0.15, 0.2) is 18.2 Å². The van der Waals surface area contributed by atoms with Crippen molar-refractivity contribution < 1.29 is 28.8 Å². The number of hydrogen-bond acceptors (Lipinski definition) is 5. The summed E-state index contributed by atoms with van der Waals surface area (Å²) in [5, 5.41) is 3.94. The number of H-pyrrole nitrogens is 1. The van der Waals surface area contributed by atoms with Crippen LogP contribution in [0.4, 0.5) is 5.69 Å². The van der Waals surface area contributed by atoms with Gasteiger partial charge in [0, 0.05) is 15.9 Å². The molecule has 1 aromatic heterocycles. The molecule has 1 unspecified atom stereocenters. The van der Waals surface area contributed by atoms with Crippen molar-refractivity contribution in [3.05, 3.63) is 28.9 Å². The van der Waals surface area contributed by atoms with E-state index in [1.165, 1.54) is 7.11 Å². The zero-order valence-corrected chi connectivity index (χ0v) is 17.2. The minimum atomic E-state index is -0.583. The molecule has 1 saturated heterocycles. The van der Waals surface area contributed by atoms with Gasteiger partial charge in [-0.05, 0) is 38.0 Å². The fourth-order valence-electron chi connectivity index (χ4n) is 3.73. The number of aromatic amines is 1. The first-order chi connectivity index (χ1) is 13.9. The van der Waals surface area contributed by atoms with Gasteiger partial charge in [-0.2, -0.15) is 0 Å². The highest BCUT2D eigenvalue weighted by Crippen LogP contribution is 2.30. The lowest BCUT2D eigenvalue weighted by Crippen LogP contribution is -3.14. The van der Waals surface area contributed by atoms with E-state index >= 15 is 0 Å². The summed E-state index contributed by atoms with van der Waals surface area (Å²) in [5.41, 5.74) is 1.17. The molecule has 156 valence electrons. The number of benzene rings is 1. The van der Waals surface area contributed by atoms with Crippen LogP contribution in [-0.2, 0) is 19.1 Å². The van der Waals surface area contributed by atoms with Crippen LogP contribution in [-0.4, -0.2) is 56.2 Å². The van der Waals surface area contributed by atoms with Crippen LogP contribution in [0.2, 0.25) is 5.02 Å². The van der Waals surface area contributed by atoms with Gasteiger partial charge in [-0.15, -0.1) is 0 Å². The molecular formula is C20H25ClN3O5+. The number of rotatable bonds is 6. The first-order valence-electron chi connectivity index (χ1n) is 9.62. The molecule has 1 amide bonds. The summed E-state index contributed by atoms with van der Waals surface area (Å²) >= 11 is 6.09. The third kappa shape index (κ3) is 4.89. The van der Waals surface area contributed by atoms with Gasteiger partial charge in [0.1, 0.15) is 11.6 Å². The van der Waals surface area contributed by atoms with Crippen molar-refractivity contribution in [2.75, 3.05) is 38.7 Å². The second-order valence-corrected chi connectivity index (χ2v) is 7.51. The van der Waals surface area contributed by atoms with Crippen LogP contribution in [0.25, 0.3) is 10.9 Å². The minimum absolute atomic E-state index is 0.163. The molecule has 9 heteroatoms. The maximum atomic E-state index is 12.7. The van der Waals surface area contributed by atoms with Gasteiger partial charge in [0.2, 0.25) is 0 Å². The molecule has 1 fully saturated rings. The van der Waals surface area contributed by atoms with Crippen LogP contribution < -0.4 is 10.2 Å². The number of fused-ring (bicyclic) bond motifs is 1. The SMILES string of the molecule is CCOC(=O)[C@@H]1CCC[NH+](CC(=O)Nc2c(C(=O)OC)[nH]c3ccc(Cl)cc23)C1. The lowest BCUT2D eigenvalue weighted by Gasteiger charge is -2.28. The molecule has 2 aromatic rings. The number of hydrogen-bond donors (Lipinski definition) is 3. The molecule has 29 heavy (non-hydrogen) atoms. The van der Waals surface area contributed by atoms with Crippen molar-refractivity contribution in [2.24, 2.45) is 5.92 Å². The third-order valence-electron chi connectivity index (χ3n) is 5.06. The highest BCUT2D eigenvalue weighted by Gasteiger charge is 2.31. The highest BCUT2D eigenvalue weighted by atomic mass is 35.5. The first kappa shape index (κ1) is 21.1. The molecule has 2 heterocycles. The number of aromatic nitrogens is 1. The Balaban J connectivity index is 1.75. The fraction of sp³-hybridized carbons (Fsp3) is 0.450. The van der Waals surface area contributed by atoms with Gasteiger partial charge in [-0.3, -0.25) is 9.59 Å². The Kier molecular flexibility index (Phi) is 6.76. The predicted molar refractivity (Wildman–Crippen MR) is 108 cm³/mol. The van der Waals surface area contributed by atoms with Gasteiger partial charge >= 0.3 is 11.9 Å². The summed E-state index contributed by atoms with van der Waals surface area (Å²) in [5.74, 6) is -1.23. The molecular weight excluding hydrogens is 398 g/mol. The van der Waals surface area contributed by atoms with E-state index < -0.39 is 5.97 Å². The quantitative estimate of drug-likeness (QED) is 0.611. The Morgan fingerprint density at radius 2 is 2.14 bits per heavy atom. The van der Waals surface area contributed by atoms with Gasteiger partial charge in [-0.25, -0.2) is 4.79 Å². The van der Waals surface area contributed by atoms with Crippen LogP contribution in [0.1, 0.15) is 30.3 Å². The van der Waals surface area contributed by atoms with Crippen molar-refractivity contribution in [2.45, 2.75) is 19.8 Å². The molecule has 0 bridgehead atoms. The summed E-state index contributed by atoms with van der Waals surface area (Å²) in [4.78, 5) is 40.9. The Hall–Kier alpha value is -2.58. The van der Waals surface area contributed by atoms with Crippen LogP contribution >= 0.6 is 11.6 Å². The zero-order chi connectivity index (χ0) is 21.0. The van der Waals surface area contributed by atoms with Crippen molar-refractivity contribution in [3.63, 3.8) is 0 Å². The molecule has 2 atom stereocenters. The van der Waals surface area contributed by atoms with E-state index in [2.05, 4.69) is 10.3 Å². The van der Waals surface area contributed by atoms with Gasteiger partial charge in [0.05, 0.1) is 32.5 Å². The van der Waals surface area contributed by atoms with Gasteiger partial charge in [-0.1, -0.05) is 11.6 Å². The first-order valence-corrected chi connectivity index (χ1v) is 10.00. The lowest BCUT2D eigenvalue weighted by atomic mass is 9.98. The number of methoxy groups -OCH3 is 1. The number of carbonyl (C=O) groups excluding carboxylic acids is 3. The van der Waals surface area contributed by atoms with E-state index in [-0.39, 0.29) is 30.0 Å². The number of amides is 1. The van der Waals surface area contributed by atoms with E-state index in [1.807, 2.05) is 0 Å². The predicted octanol–water partition coefficient (Wildman–Crippen LogP) is 1.40. The maximum absolute atomic E-state index is 12.7. The standard InChI is InChI=1S/C20H24ClN3O5/c1-3-29-19(26)12-5-4-8-24(10-12)11-16(25)23-17-14-9-13(21)6-7-15(14)22-18(17)20(27)28-2/h6-7,9,12,22H,3-5,8,10-11H2,1-2H3,(H,23,25)/p+1/t12-/m1/s1. The smallest absolute Gasteiger partial charge is 0.356 e. The van der Waals surface area contributed by atoms with Crippen molar-refractivity contribution in [3.8, 4) is 0 Å². The summed E-state index contributed by atoms with van der Waals surface area (Å²) in [6, 6.07) is 5.11. The summed E-state index contributed by atoms with van der Waals surface area (Å²) in [6.45, 7) is 3.67. The number of ether oxygens (including phenoxy) is 2. The Morgan fingerprint density at radius 3 is 2.86 bits per heavy atom. The fourth-order valence-corrected chi connectivity index (χ4v) is 3.90. The number of nitrogens with one attached hydrogen (secondary N) is 3. The maximum Gasteiger partial charge on any atom is 0.356 e. The third-order valence-corrected chi connectivity index (χ3v) is 5.30.